The van der Waals surface area contributed by atoms with Gasteiger partial charge in [0.05, 0.1) is 0 Å². The van der Waals surface area contributed by atoms with Crippen molar-refractivity contribution in [1.82, 2.24) is 14.8 Å². The molecule has 0 fully saturated rings. The minimum atomic E-state index is -1.13. The second-order valence-corrected chi connectivity index (χ2v) is 4.21. The lowest BCUT2D eigenvalue weighted by Crippen LogP contribution is -2.01. The number of carbonyl (C=O) groups is 1. The van der Waals surface area contributed by atoms with E-state index in [1.165, 1.54) is 0 Å². The van der Waals surface area contributed by atoms with E-state index < -0.39 is 5.97 Å². The molecular weight excluding hydrogens is 258 g/mol. The Labute approximate surface area is 114 Å². The predicted molar refractivity (Wildman–Crippen MR) is 71.1 cm³/mol. The Morgan fingerprint density at radius 1 is 1.25 bits per heavy atom. The molecule has 0 amide bonds. The highest BCUT2D eigenvalue weighted by atomic mass is 16.4. The van der Waals surface area contributed by atoms with E-state index in [0.717, 1.165) is 5.56 Å². The van der Waals surface area contributed by atoms with Crippen LogP contribution in [0.25, 0.3) is 22.9 Å². The van der Waals surface area contributed by atoms with E-state index in [4.69, 9.17) is 4.42 Å². The molecule has 2 heterocycles. The van der Waals surface area contributed by atoms with E-state index in [1.807, 2.05) is 30.3 Å². The van der Waals surface area contributed by atoms with Crippen molar-refractivity contribution < 1.29 is 14.3 Å². The van der Waals surface area contributed by atoms with Gasteiger partial charge in [-0.05, 0) is 18.2 Å². The van der Waals surface area contributed by atoms with Gasteiger partial charge in [-0.15, -0.1) is 0 Å². The van der Waals surface area contributed by atoms with Gasteiger partial charge in [0, 0.05) is 18.8 Å². The molecule has 0 aliphatic heterocycles. The van der Waals surface area contributed by atoms with Crippen molar-refractivity contribution in [1.29, 1.82) is 0 Å². The van der Waals surface area contributed by atoms with E-state index in [1.54, 1.807) is 24.0 Å². The zero-order valence-corrected chi connectivity index (χ0v) is 10.6. The molecule has 0 unspecified atom stereocenters. The van der Waals surface area contributed by atoms with E-state index in [-0.39, 0.29) is 17.3 Å². The molecule has 100 valence electrons. The molecular formula is C14H11N3O3. The molecule has 0 aliphatic rings. The van der Waals surface area contributed by atoms with Crippen molar-refractivity contribution in [3.8, 4) is 22.9 Å². The lowest BCUT2D eigenvalue weighted by atomic mass is 10.2. The minimum absolute atomic E-state index is 0.118. The van der Waals surface area contributed by atoms with Crippen LogP contribution in [0.1, 0.15) is 10.5 Å². The fraction of sp³-hybridized carbons (Fsp3) is 0.0714. The molecule has 0 saturated heterocycles. The van der Waals surface area contributed by atoms with Crippen molar-refractivity contribution >= 4 is 5.97 Å². The summed E-state index contributed by atoms with van der Waals surface area (Å²) >= 11 is 0. The minimum Gasteiger partial charge on any atom is -0.476 e. The normalized spacial score (nSPS) is 10.7. The number of hydrogen-bond acceptors (Lipinski definition) is 4. The fourth-order valence-electron chi connectivity index (χ4n) is 1.94. The monoisotopic (exact) mass is 269 g/mol. The molecule has 1 N–H and O–H groups in total. The predicted octanol–water partition coefficient (Wildman–Crippen LogP) is 2.44. The van der Waals surface area contributed by atoms with Crippen LogP contribution in [-0.2, 0) is 7.05 Å². The van der Waals surface area contributed by atoms with Crippen LogP contribution in [0.4, 0.5) is 0 Å². The highest BCUT2D eigenvalue weighted by Crippen LogP contribution is 2.29. The number of carboxylic acids is 1. The molecule has 0 saturated carbocycles. The zero-order valence-electron chi connectivity index (χ0n) is 10.6. The van der Waals surface area contributed by atoms with Crippen molar-refractivity contribution in [2.24, 2.45) is 7.05 Å². The molecule has 6 nitrogen and oxygen atoms in total. The number of rotatable bonds is 3. The Balaban J connectivity index is 2.18. The van der Waals surface area contributed by atoms with Crippen LogP contribution >= 0.6 is 0 Å². The number of aromatic carboxylic acids is 1. The molecule has 0 aliphatic carbocycles. The number of benzene rings is 1. The van der Waals surface area contributed by atoms with E-state index in [0.29, 0.717) is 5.69 Å². The van der Waals surface area contributed by atoms with Gasteiger partial charge in [0.15, 0.2) is 11.5 Å². The Bertz CT molecular complexity index is 759. The van der Waals surface area contributed by atoms with Crippen LogP contribution in [0.15, 0.2) is 47.0 Å². The number of aryl methyl sites for hydroxylation is 1. The SMILES string of the molecule is Cn1nccc1-c1oc(-c2ccccc2)nc1C(=O)O. The van der Waals surface area contributed by atoms with Crippen molar-refractivity contribution in [2.75, 3.05) is 0 Å². The van der Waals surface area contributed by atoms with Crippen LogP contribution in [0.3, 0.4) is 0 Å². The lowest BCUT2D eigenvalue weighted by molar-refractivity contribution is 0.0691. The maximum Gasteiger partial charge on any atom is 0.358 e. The number of carboxylic acid groups (broad SMARTS) is 1. The van der Waals surface area contributed by atoms with Gasteiger partial charge in [-0.25, -0.2) is 9.78 Å². The van der Waals surface area contributed by atoms with Crippen LogP contribution in [0.2, 0.25) is 0 Å². The smallest absolute Gasteiger partial charge is 0.358 e. The van der Waals surface area contributed by atoms with Crippen LogP contribution in [-0.4, -0.2) is 25.8 Å². The third-order valence-electron chi connectivity index (χ3n) is 2.90. The second kappa shape index (κ2) is 4.65. The first-order valence-corrected chi connectivity index (χ1v) is 5.94. The van der Waals surface area contributed by atoms with Gasteiger partial charge < -0.3 is 9.52 Å². The Kier molecular flexibility index (Phi) is 2.83. The van der Waals surface area contributed by atoms with Crippen molar-refractivity contribution in [3.63, 3.8) is 0 Å². The molecule has 0 bridgehead atoms. The molecule has 0 radical (unpaired) electrons. The first-order chi connectivity index (χ1) is 9.66. The molecule has 3 aromatic rings. The van der Waals surface area contributed by atoms with Gasteiger partial charge in [0.1, 0.15) is 5.69 Å². The third kappa shape index (κ3) is 1.97. The Hall–Kier alpha value is -2.89. The standard InChI is InChI=1S/C14H11N3O3/c1-17-10(7-8-15-17)12-11(14(18)19)16-13(20-12)9-5-3-2-4-6-9/h2-8H,1H3,(H,18,19). The first-order valence-electron chi connectivity index (χ1n) is 5.94. The molecule has 6 heteroatoms. The van der Waals surface area contributed by atoms with Crippen molar-refractivity contribution in [2.45, 2.75) is 0 Å². The number of aromatic nitrogens is 3. The molecule has 3 rings (SSSR count). The number of hydrogen-bond donors (Lipinski definition) is 1. The van der Waals surface area contributed by atoms with Crippen molar-refractivity contribution in [3.05, 3.63) is 48.3 Å². The summed E-state index contributed by atoms with van der Waals surface area (Å²) in [6.45, 7) is 0. The highest BCUT2D eigenvalue weighted by molar-refractivity contribution is 5.92. The Morgan fingerprint density at radius 2 is 2.00 bits per heavy atom. The molecule has 20 heavy (non-hydrogen) atoms. The van der Waals surface area contributed by atoms with Crippen LogP contribution in [0.5, 0.6) is 0 Å². The highest BCUT2D eigenvalue weighted by Gasteiger charge is 2.23. The van der Waals surface area contributed by atoms with Gasteiger partial charge in [0.2, 0.25) is 5.89 Å². The molecule has 1 aromatic carbocycles. The fourth-order valence-corrected chi connectivity index (χ4v) is 1.94. The number of oxazole rings is 1. The average molecular weight is 269 g/mol. The second-order valence-electron chi connectivity index (χ2n) is 4.21. The van der Waals surface area contributed by atoms with Gasteiger partial charge in [0.25, 0.3) is 0 Å². The maximum atomic E-state index is 11.3. The summed E-state index contributed by atoms with van der Waals surface area (Å²) in [6.07, 6.45) is 1.58. The van der Waals surface area contributed by atoms with E-state index in [2.05, 4.69) is 10.1 Å². The topological polar surface area (TPSA) is 81.2 Å². The van der Waals surface area contributed by atoms with Crippen LogP contribution < -0.4 is 0 Å². The summed E-state index contributed by atoms with van der Waals surface area (Å²) in [4.78, 5) is 15.4. The molecule has 2 aromatic heterocycles. The van der Waals surface area contributed by atoms with Gasteiger partial charge >= 0.3 is 5.97 Å². The van der Waals surface area contributed by atoms with Gasteiger partial charge in [-0.2, -0.15) is 5.10 Å². The zero-order chi connectivity index (χ0) is 14.1. The first kappa shape index (κ1) is 12.2. The lowest BCUT2D eigenvalue weighted by Gasteiger charge is -1.98. The van der Waals surface area contributed by atoms with Gasteiger partial charge in [-0.3, -0.25) is 4.68 Å². The molecule has 0 spiro atoms. The average Bonchev–Trinajstić information content (AvgIpc) is 3.05. The summed E-state index contributed by atoms with van der Waals surface area (Å²) in [6, 6.07) is 10.8. The van der Waals surface area contributed by atoms with Crippen LogP contribution in [0, 0.1) is 0 Å². The van der Waals surface area contributed by atoms with E-state index >= 15 is 0 Å². The summed E-state index contributed by atoms with van der Waals surface area (Å²) in [5.41, 5.74) is 1.17. The maximum absolute atomic E-state index is 11.3. The summed E-state index contributed by atoms with van der Waals surface area (Å²) in [7, 11) is 1.71. The quantitative estimate of drug-likeness (QED) is 0.789. The third-order valence-corrected chi connectivity index (χ3v) is 2.90. The van der Waals surface area contributed by atoms with Gasteiger partial charge in [-0.1, -0.05) is 18.2 Å². The summed E-state index contributed by atoms with van der Waals surface area (Å²) in [5, 5.41) is 13.3. The summed E-state index contributed by atoms with van der Waals surface area (Å²) < 4.78 is 7.18. The largest absolute Gasteiger partial charge is 0.476 e. The summed E-state index contributed by atoms with van der Waals surface area (Å²) in [5.74, 6) is -0.650. The Morgan fingerprint density at radius 3 is 2.60 bits per heavy atom. The molecule has 0 atom stereocenters. The number of nitrogens with zero attached hydrogens (tertiary/aromatic N) is 3. The van der Waals surface area contributed by atoms with E-state index in [9.17, 15) is 9.90 Å².